The molecule has 1 aliphatic rings. The highest BCUT2D eigenvalue weighted by molar-refractivity contribution is 5.95. The van der Waals surface area contributed by atoms with Crippen LogP contribution in [0.25, 0.3) is 6.08 Å². The fraction of sp³-hybridized carbons (Fsp3) is 0.273. The summed E-state index contributed by atoms with van der Waals surface area (Å²) >= 11 is 0. The summed E-state index contributed by atoms with van der Waals surface area (Å²) in [5.41, 5.74) is 1.63. The lowest BCUT2D eigenvalue weighted by Crippen LogP contribution is -2.43. The monoisotopic (exact) mass is 364 g/mol. The van der Waals surface area contributed by atoms with Crippen molar-refractivity contribution < 1.29 is 14.3 Å². The zero-order valence-electron chi connectivity index (χ0n) is 15.4. The molecule has 0 aliphatic carbocycles. The third-order valence-electron chi connectivity index (χ3n) is 4.69. The molecule has 0 aromatic heterocycles. The maximum atomic E-state index is 12.6. The third kappa shape index (κ3) is 4.97. The Morgan fingerprint density at radius 3 is 2.63 bits per heavy atom. The summed E-state index contributed by atoms with van der Waals surface area (Å²) in [5, 5.41) is 2.93. The minimum Gasteiger partial charge on any atom is -0.496 e. The Hall–Kier alpha value is -3.08. The second-order valence-corrected chi connectivity index (χ2v) is 6.55. The molecule has 1 unspecified atom stereocenters. The minimum atomic E-state index is -0.192. The van der Waals surface area contributed by atoms with Crippen LogP contribution in [0, 0.1) is 5.92 Å². The number of nitrogens with zero attached hydrogens (tertiary/aromatic N) is 1. The number of ether oxygens (including phenoxy) is 1. The van der Waals surface area contributed by atoms with Gasteiger partial charge in [-0.05, 0) is 37.1 Å². The summed E-state index contributed by atoms with van der Waals surface area (Å²) in [7, 11) is 1.61. The summed E-state index contributed by atoms with van der Waals surface area (Å²) in [5.74, 6) is 0.411. The number of hydrogen-bond acceptors (Lipinski definition) is 3. The molecule has 1 aliphatic heterocycles. The number of methoxy groups -OCH3 is 1. The van der Waals surface area contributed by atoms with Gasteiger partial charge in [0.05, 0.1) is 13.0 Å². The highest BCUT2D eigenvalue weighted by atomic mass is 16.5. The van der Waals surface area contributed by atoms with Crippen molar-refractivity contribution in [1.29, 1.82) is 0 Å². The Morgan fingerprint density at radius 1 is 1.11 bits per heavy atom. The second-order valence-electron chi connectivity index (χ2n) is 6.55. The number of anilines is 1. The van der Waals surface area contributed by atoms with Crippen LogP contribution >= 0.6 is 0 Å². The molecule has 140 valence electrons. The summed E-state index contributed by atoms with van der Waals surface area (Å²) in [4.78, 5) is 26.8. The molecule has 0 radical (unpaired) electrons. The SMILES string of the molecule is COc1ccccc1C=CC(=O)N1CCCC(C(=O)Nc2ccccc2)C1. The van der Waals surface area contributed by atoms with Crippen LogP contribution in [-0.4, -0.2) is 36.9 Å². The number of benzene rings is 2. The summed E-state index contributed by atoms with van der Waals surface area (Å²) in [6.07, 6.45) is 4.92. The number of amides is 2. The fourth-order valence-corrected chi connectivity index (χ4v) is 3.23. The zero-order chi connectivity index (χ0) is 19.1. The number of piperidine rings is 1. The lowest BCUT2D eigenvalue weighted by atomic mass is 9.97. The van der Waals surface area contributed by atoms with Crippen LogP contribution in [-0.2, 0) is 9.59 Å². The Bertz CT molecular complexity index is 817. The Balaban J connectivity index is 1.61. The van der Waals surface area contributed by atoms with Gasteiger partial charge in [0.15, 0.2) is 0 Å². The van der Waals surface area contributed by atoms with Gasteiger partial charge in [0, 0.05) is 30.4 Å². The highest BCUT2D eigenvalue weighted by Crippen LogP contribution is 2.21. The number of para-hydroxylation sites is 2. The molecule has 2 aromatic rings. The normalized spacial score (nSPS) is 16.9. The van der Waals surface area contributed by atoms with Crippen LogP contribution in [0.5, 0.6) is 5.75 Å². The highest BCUT2D eigenvalue weighted by Gasteiger charge is 2.27. The average molecular weight is 364 g/mol. The fourth-order valence-electron chi connectivity index (χ4n) is 3.23. The molecule has 1 saturated heterocycles. The lowest BCUT2D eigenvalue weighted by Gasteiger charge is -2.31. The molecule has 5 nitrogen and oxygen atoms in total. The molecule has 2 aromatic carbocycles. The number of likely N-dealkylation sites (tertiary alicyclic amines) is 1. The van der Waals surface area contributed by atoms with Gasteiger partial charge in [0.2, 0.25) is 11.8 Å². The molecular weight excluding hydrogens is 340 g/mol. The Labute approximate surface area is 159 Å². The van der Waals surface area contributed by atoms with Crippen LogP contribution in [0.1, 0.15) is 18.4 Å². The van der Waals surface area contributed by atoms with Crippen LogP contribution in [0.4, 0.5) is 5.69 Å². The molecule has 2 amide bonds. The molecule has 0 saturated carbocycles. The molecule has 5 heteroatoms. The molecule has 3 rings (SSSR count). The molecule has 1 N–H and O–H groups in total. The third-order valence-corrected chi connectivity index (χ3v) is 4.69. The van der Waals surface area contributed by atoms with Crippen LogP contribution in [0.15, 0.2) is 60.7 Å². The quantitative estimate of drug-likeness (QED) is 0.825. The van der Waals surface area contributed by atoms with Gasteiger partial charge in [-0.3, -0.25) is 9.59 Å². The van der Waals surface area contributed by atoms with Gasteiger partial charge in [-0.2, -0.15) is 0 Å². The van der Waals surface area contributed by atoms with E-state index in [1.54, 1.807) is 24.2 Å². The van der Waals surface area contributed by atoms with Gasteiger partial charge in [-0.15, -0.1) is 0 Å². The van der Waals surface area contributed by atoms with Crippen LogP contribution in [0.2, 0.25) is 0 Å². The summed E-state index contributed by atoms with van der Waals surface area (Å²) in [6.45, 7) is 1.11. The van der Waals surface area contributed by atoms with Crippen molar-refractivity contribution in [2.24, 2.45) is 5.92 Å². The van der Waals surface area contributed by atoms with Crippen molar-refractivity contribution >= 4 is 23.6 Å². The van der Waals surface area contributed by atoms with E-state index in [0.29, 0.717) is 13.1 Å². The van der Waals surface area contributed by atoms with Crippen molar-refractivity contribution in [1.82, 2.24) is 4.90 Å². The smallest absolute Gasteiger partial charge is 0.246 e. The Morgan fingerprint density at radius 2 is 1.85 bits per heavy atom. The molecule has 1 atom stereocenters. The maximum absolute atomic E-state index is 12.6. The van der Waals surface area contributed by atoms with E-state index in [0.717, 1.165) is 29.8 Å². The van der Waals surface area contributed by atoms with E-state index in [2.05, 4.69) is 5.32 Å². The van der Waals surface area contributed by atoms with E-state index < -0.39 is 0 Å². The van der Waals surface area contributed by atoms with Gasteiger partial charge in [-0.25, -0.2) is 0 Å². The second kappa shape index (κ2) is 9.03. The zero-order valence-corrected chi connectivity index (χ0v) is 15.4. The van der Waals surface area contributed by atoms with E-state index in [-0.39, 0.29) is 17.7 Å². The van der Waals surface area contributed by atoms with E-state index in [1.807, 2.05) is 54.6 Å². The molecule has 0 bridgehead atoms. The predicted octanol–water partition coefficient (Wildman–Crippen LogP) is 3.59. The maximum Gasteiger partial charge on any atom is 0.246 e. The topological polar surface area (TPSA) is 58.6 Å². The van der Waals surface area contributed by atoms with E-state index >= 15 is 0 Å². The molecule has 0 spiro atoms. The van der Waals surface area contributed by atoms with Crippen molar-refractivity contribution in [3.63, 3.8) is 0 Å². The van der Waals surface area contributed by atoms with Crippen molar-refractivity contribution in [2.75, 3.05) is 25.5 Å². The van der Waals surface area contributed by atoms with Crippen LogP contribution < -0.4 is 10.1 Å². The first-order chi connectivity index (χ1) is 13.2. The number of carbonyl (C=O) groups is 2. The minimum absolute atomic E-state index is 0.0348. The van der Waals surface area contributed by atoms with Crippen molar-refractivity contribution in [3.8, 4) is 5.75 Å². The number of nitrogens with one attached hydrogen (secondary N) is 1. The first-order valence-corrected chi connectivity index (χ1v) is 9.13. The summed E-state index contributed by atoms with van der Waals surface area (Å²) < 4.78 is 5.30. The number of rotatable bonds is 5. The van der Waals surface area contributed by atoms with E-state index in [1.165, 1.54) is 0 Å². The largest absolute Gasteiger partial charge is 0.496 e. The predicted molar refractivity (Wildman–Crippen MR) is 106 cm³/mol. The van der Waals surface area contributed by atoms with Gasteiger partial charge in [0.1, 0.15) is 5.75 Å². The van der Waals surface area contributed by atoms with Crippen molar-refractivity contribution in [3.05, 3.63) is 66.2 Å². The first-order valence-electron chi connectivity index (χ1n) is 9.13. The van der Waals surface area contributed by atoms with E-state index in [4.69, 9.17) is 4.74 Å². The van der Waals surface area contributed by atoms with Gasteiger partial charge >= 0.3 is 0 Å². The summed E-state index contributed by atoms with van der Waals surface area (Å²) in [6, 6.07) is 16.9. The molecule has 1 heterocycles. The number of carbonyl (C=O) groups excluding carboxylic acids is 2. The first kappa shape index (κ1) is 18.7. The average Bonchev–Trinajstić information content (AvgIpc) is 2.73. The van der Waals surface area contributed by atoms with Crippen molar-refractivity contribution in [2.45, 2.75) is 12.8 Å². The Kier molecular flexibility index (Phi) is 6.26. The number of hydrogen-bond donors (Lipinski definition) is 1. The molecule has 1 fully saturated rings. The standard InChI is InChI=1S/C22H24N2O3/c1-27-20-12-6-5-8-17(20)13-14-21(25)24-15-7-9-18(16-24)22(26)23-19-10-3-2-4-11-19/h2-6,8,10-14,18H,7,9,15-16H2,1H3,(H,23,26). The molecular formula is C22H24N2O3. The molecule has 27 heavy (non-hydrogen) atoms. The van der Waals surface area contributed by atoms with Crippen LogP contribution in [0.3, 0.4) is 0 Å². The van der Waals surface area contributed by atoms with Gasteiger partial charge in [0.25, 0.3) is 0 Å². The van der Waals surface area contributed by atoms with Gasteiger partial charge < -0.3 is 15.0 Å². The van der Waals surface area contributed by atoms with Gasteiger partial charge in [-0.1, -0.05) is 36.4 Å². The lowest BCUT2D eigenvalue weighted by molar-refractivity contribution is -0.130. The van der Waals surface area contributed by atoms with E-state index in [9.17, 15) is 9.59 Å².